The van der Waals surface area contributed by atoms with E-state index in [-0.39, 0.29) is 11.2 Å². The van der Waals surface area contributed by atoms with Crippen molar-refractivity contribution in [3.05, 3.63) is 29.6 Å². The molecule has 0 bridgehead atoms. The summed E-state index contributed by atoms with van der Waals surface area (Å²) in [6, 6.07) is 5.57. The third-order valence-electron chi connectivity index (χ3n) is 3.17. The van der Waals surface area contributed by atoms with Gasteiger partial charge in [0.2, 0.25) is 0 Å². The van der Waals surface area contributed by atoms with E-state index in [9.17, 15) is 4.39 Å². The maximum Gasteiger partial charge on any atom is 0.146 e. The molecule has 1 aromatic rings. The topological polar surface area (TPSA) is 12.5 Å². The van der Waals surface area contributed by atoms with Crippen LogP contribution in [0.15, 0.2) is 18.2 Å². The summed E-state index contributed by atoms with van der Waals surface area (Å²) in [4.78, 5) is 2.05. The summed E-state index contributed by atoms with van der Waals surface area (Å²) in [5.41, 5.74) is 1.72. The Morgan fingerprint density at radius 1 is 1.18 bits per heavy atom. The van der Waals surface area contributed by atoms with Gasteiger partial charge in [-0.15, -0.1) is 0 Å². The van der Waals surface area contributed by atoms with Gasteiger partial charge in [0.25, 0.3) is 0 Å². The second-order valence-corrected chi connectivity index (χ2v) is 5.52. The highest BCUT2D eigenvalue weighted by Crippen LogP contribution is 2.28. The SMILES string of the molecule is CC(C)(C)c1ccc(N2CCOCC2)c(F)c1. The first-order valence-electron chi connectivity index (χ1n) is 6.11. The predicted molar refractivity (Wildman–Crippen MR) is 68.1 cm³/mol. The maximum absolute atomic E-state index is 14.1. The van der Waals surface area contributed by atoms with Crippen molar-refractivity contribution in [2.45, 2.75) is 26.2 Å². The maximum atomic E-state index is 14.1. The number of morpholine rings is 1. The lowest BCUT2D eigenvalue weighted by Crippen LogP contribution is -2.36. The molecule has 2 nitrogen and oxygen atoms in total. The molecule has 0 unspecified atom stereocenters. The molecule has 1 heterocycles. The van der Waals surface area contributed by atoms with E-state index in [4.69, 9.17) is 4.74 Å². The van der Waals surface area contributed by atoms with Crippen molar-refractivity contribution in [2.75, 3.05) is 31.2 Å². The van der Waals surface area contributed by atoms with Gasteiger partial charge in [0.1, 0.15) is 5.82 Å². The zero-order chi connectivity index (χ0) is 12.5. The van der Waals surface area contributed by atoms with Gasteiger partial charge in [-0.05, 0) is 23.1 Å². The number of hydrogen-bond donors (Lipinski definition) is 0. The first-order valence-corrected chi connectivity index (χ1v) is 6.11. The van der Waals surface area contributed by atoms with Gasteiger partial charge in [-0.3, -0.25) is 0 Å². The molecule has 0 amide bonds. The molecule has 0 spiro atoms. The molecule has 0 aliphatic carbocycles. The molecule has 0 aromatic heterocycles. The van der Waals surface area contributed by atoms with Crippen LogP contribution in [-0.2, 0) is 10.2 Å². The summed E-state index contributed by atoms with van der Waals surface area (Å²) in [5, 5.41) is 0. The molecule has 1 fully saturated rings. The minimum atomic E-state index is -0.126. The van der Waals surface area contributed by atoms with Crippen molar-refractivity contribution >= 4 is 5.69 Å². The second kappa shape index (κ2) is 4.65. The van der Waals surface area contributed by atoms with Gasteiger partial charge in [0, 0.05) is 13.1 Å². The van der Waals surface area contributed by atoms with Gasteiger partial charge in [-0.2, -0.15) is 0 Å². The van der Waals surface area contributed by atoms with E-state index in [1.807, 2.05) is 17.0 Å². The van der Waals surface area contributed by atoms with E-state index in [1.54, 1.807) is 6.07 Å². The Kier molecular flexibility index (Phi) is 3.38. The molecule has 0 N–H and O–H groups in total. The Morgan fingerprint density at radius 3 is 2.35 bits per heavy atom. The molecule has 1 aliphatic rings. The van der Waals surface area contributed by atoms with Gasteiger partial charge >= 0.3 is 0 Å². The molecule has 17 heavy (non-hydrogen) atoms. The van der Waals surface area contributed by atoms with Crippen molar-refractivity contribution < 1.29 is 9.13 Å². The van der Waals surface area contributed by atoms with Crippen LogP contribution in [0.25, 0.3) is 0 Å². The second-order valence-electron chi connectivity index (χ2n) is 5.52. The largest absolute Gasteiger partial charge is 0.378 e. The Balaban J connectivity index is 2.25. The molecule has 0 saturated carbocycles. The lowest BCUT2D eigenvalue weighted by atomic mass is 9.87. The van der Waals surface area contributed by atoms with Crippen LogP contribution in [0.4, 0.5) is 10.1 Å². The van der Waals surface area contributed by atoms with E-state index in [0.717, 1.165) is 18.7 Å². The summed E-state index contributed by atoms with van der Waals surface area (Å²) in [6.45, 7) is 9.18. The highest BCUT2D eigenvalue weighted by molar-refractivity contribution is 5.50. The third-order valence-corrected chi connectivity index (χ3v) is 3.17. The smallest absolute Gasteiger partial charge is 0.146 e. The van der Waals surface area contributed by atoms with E-state index in [2.05, 4.69) is 20.8 Å². The van der Waals surface area contributed by atoms with Gasteiger partial charge in [-0.1, -0.05) is 26.8 Å². The lowest BCUT2D eigenvalue weighted by molar-refractivity contribution is 0.122. The first-order chi connectivity index (χ1) is 7.98. The van der Waals surface area contributed by atoms with E-state index in [0.29, 0.717) is 18.9 Å². The van der Waals surface area contributed by atoms with Crippen LogP contribution < -0.4 is 4.90 Å². The van der Waals surface area contributed by atoms with E-state index in [1.165, 1.54) is 0 Å². The fraction of sp³-hybridized carbons (Fsp3) is 0.571. The van der Waals surface area contributed by atoms with Gasteiger partial charge in [0.05, 0.1) is 18.9 Å². The molecule has 0 atom stereocenters. The summed E-state index contributed by atoms with van der Waals surface area (Å²) in [6.07, 6.45) is 0. The Bertz CT molecular complexity index is 392. The van der Waals surface area contributed by atoms with E-state index >= 15 is 0 Å². The number of halogens is 1. The Hall–Kier alpha value is -1.09. The average molecular weight is 237 g/mol. The molecule has 1 aliphatic heterocycles. The van der Waals surface area contributed by atoms with Crippen LogP contribution in [0.3, 0.4) is 0 Å². The fourth-order valence-corrected chi connectivity index (χ4v) is 2.03. The highest BCUT2D eigenvalue weighted by Gasteiger charge is 2.19. The van der Waals surface area contributed by atoms with Crippen molar-refractivity contribution in [1.29, 1.82) is 0 Å². The average Bonchev–Trinajstić information content (AvgIpc) is 2.29. The molecular formula is C14H20FNO. The molecule has 1 saturated heterocycles. The number of rotatable bonds is 1. The van der Waals surface area contributed by atoms with Crippen LogP contribution in [0.1, 0.15) is 26.3 Å². The standard InChI is InChI=1S/C14H20FNO/c1-14(2,3)11-4-5-13(12(15)10-11)16-6-8-17-9-7-16/h4-5,10H,6-9H2,1-3H3. The molecule has 1 aromatic carbocycles. The van der Waals surface area contributed by atoms with Crippen molar-refractivity contribution in [2.24, 2.45) is 0 Å². The van der Waals surface area contributed by atoms with Crippen LogP contribution in [-0.4, -0.2) is 26.3 Å². The summed E-state index contributed by atoms with van der Waals surface area (Å²) >= 11 is 0. The summed E-state index contributed by atoms with van der Waals surface area (Å²) < 4.78 is 19.4. The minimum Gasteiger partial charge on any atom is -0.378 e. The zero-order valence-corrected chi connectivity index (χ0v) is 10.8. The fourth-order valence-electron chi connectivity index (χ4n) is 2.03. The highest BCUT2D eigenvalue weighted by atomic mass is 19.1. The summed E-state index contributed by atoms with van der Waals surface area (Å²) in [7, 11) is 0. The normalized spacial score (nSPS) is 17.3. The van der Waals surface area contributed by atoms with Gasteiger partial charge in [0.15, 0.2) is 0 Å². The number of ether oxygens (including phenoxy) is 1. The van der Waals surface area contributed by atoms with Crippen LogP contribution in [0.2, 0.25) is 0 Å². The molecular weight excluding hydrogens is 217 g/mol. The Morgan fingerprint density at radius 2 is 1.82 bits per heavy atom. The summed E-state index contributed by atoms with van der Waals surface area (Å²) in [5.74, 6) is -0.126. The predicted octanol–water partition coefficient (Wildman–Crippen LogP) is 2.96. The quantitative estimate of drug-likeness (QED) is 0.744. The van der Waals surface area contributed by atoms with E-state index < -0.39 is 0 Å². The van der Waals surface area contributed by atoms with Gasteiger partial charge in [-0.25, -0.2) is 4.39 Å². The number of benzene rings is 1. The van der Waals surface area contributed by atoms with Crippen molar-refractivity contribution in [3.8, 4) is 0 Å². The monoisotopic (exact) mass is 237 g/mol. The first kappa shape index (κ1) is 12.4. The number of anilines is 1. The molecule has 2 rings (SSSR count). The number of hydrogen-bond acceptors (Lipinski definition) is 2. The molecule has 3 heteroatoms. The van der Waals surface area contributed by atoms with Crippen molar-refractivity contribution in [3.63, 3.8) is 0 Å². The molecule has 94 valence electrons. The zero-order valence-electron chi connectivity index (χ0n) is 10.8. The van der Waals surface area contributed by atoms with Crippen LogP contribution >= 0.6 is 0 Å². The third kappa shape index (κ3) is 2.78. The lowest BCUT2D eigenvalue weighted by Gasteiger charge is -2.30. The van der Waals surface area contributed by atoms with Crippen LogP contribution in [0.5, 0.6) is 0 Å². The minimum absolute atomic E-state index is 0.00954. The number of nitrogens with zero attached hydrogens (tertiary/aromatic N) is 1. The van der Waals surface area contributed by atoms with Gasteiger partial charge < -0.3 is 9.64 Å². The van der Waals surface area contributed by atoms with Crippen molar-refractivity contribution in [1.82, 2.24) is 0 Å². The Labute approximate surface area is 102 Å². The molecule has 0 radical (unpaired) electrons. The van der Waals surface area contributed by atoms with Crippen LogP contribution in [0, 0.1) is 5.82 Å².